The Balaban J connectivity index is 2.50. The molecule has 0 atom stereocenters. The van der Waals surface area contributed by atoms with Crippen LogP contribution in [-0.4, -0.2) is 31.3 Å². The van der Waals surface area contributed by atoms with E-state index in [2.05, 4.69) is 4.98 Å². The zero-order valence-electron chi connectivity index (χ0n) is 7.72. The summed E-state index contributed by atoms with van der Waals surface area (Å²) in [6.45, 7) is 0.336. The molecule has 0 radical (unpaired) electrons. The predicted molar refractivity (Wildman–Crippen MR) is 55.3 cm³/mol. The van der Waals surface area contributed by atoms with E-state index >= 15 is 0 Å². The molecule has 0 saturated heterocycles. The smallest absolute Gasteiger partial charge is 0.261 e. The molecule has 4 nitrogen and oxygen atoms in total. The van der Waals surface area contributed by atoms with E-state index < -0.39 is 9.24 Å². The van der Waals surface area contributed by atoms with Crippen molar-refractivity contribution in [3.8, 4) is 0 Å². The number of halogens is 1. The minimum Gasteiger partial charge on any atom is -0.261 e. The number of nitrogens with zero attached hydrogens (tertiary/aromatic N) is 2. The molecule has 0 saturated carbocycles. The van der Waals surface area contributed by atoms with E-state index in [1.165, 1.54) is 7.05 Å². The van der Waals surface area contributed by atoms with Crippen LogP contribution >= 0.6 is 10.7 Å². The fourth-order valence-corrected chi connectivity index (χ4v) is 1.44. The van der Waals surface area contributed by atoms with Gasteiger partial charge in [0.25, 0.3) is 9.24 Å². The Morgan fingerprint density at radius 1 is 1.50 bits per heavy atom. The zero-order valence-corrected chi connectivity index (χ0v) is 9.29. The van der Waals surface area contributed by atoms with Crippen molar-refractivity contribution < 1.29 is 8.42 Å². The Hall–Kier alpha value is -0.650. The Kier molecular flexibility index (Phi) is 3.86. The zero-order chi connectivity index (χ0) is 10.6. The van der Waals surface area contributed by atoms with Gasteiger partial charge in [-0.3, -0.25) is 4.98 Å². The molecule has 0 bridgehead atoms. The molecule has 0 spiro atoms. The van der Waals surface area contributed by atoms with E-state index in [-0.39, 0.29) is 0 Å². The number of hydrogen-bond acceptors (Lipinski definition) is 3. The summed E-state index contributed by atoms with van der Waals surface area (Å²) < 4.78 is 22.7. The van der Waals surface area contributed by atoms with Gasteiger partial charge in [0, 0.05) is 42.6 Å². The van der Waals surface area contributed by atoms with Gasteiger partial charge in [-0.1, -0.05) is 6.07 Å². The summed E-state index contributed by atoms with van der Waals surface area (Å²) >= 11 is 0. The largest absolute Gasteiger partial charge is 0.299 e. The van der Waals surface area contributed by atoms with Crippen molar-refractivity contribution >= 4 is 19.9 Å². The maximum atomic E-state index is 10.8. The first-order valence-electron chi connectivity index (χ1n) is 4.06. The quantitative estimate of drug-likeness (QED) is 0.732. The molecular weight excluding hydrogens is 224 g/mol. The van der Waals surface area contributed by atoms with Gasteiger partial charge < -0.3 is 0 Å². The molecule has 0 N–H and O–H groups in total. The molecule has 0 aromatic carbocycles. The molecule has 1 aromatic rings. The van der Waals surface area contributed by atoms with Crippen molar-refractivity contribution in [1.29, 1.82) is 0 Å². The Morgan fingerprint density at radius 2 is 2.21 bits per heavy atom. The standard InChI is InChI=1S/C8H11ClN2O2S/c1-11(14(9,12)13)7-5-8-4-2-3-6-10-8/h2-4,6H,5,7H2,1H3. The first-order chi connectivity index (χ1) is 6.50. The summed E-state index contributed by atoms with van der Waals surface area (Å²) in [6, 6.07) is 5.51. The minimum atomic E-state index is -3.60. The topological polar surface area (TPSA) is 50.3 Å². The van der Waals surface area contributed by atoms with Crippen LogP contribution in [0.1, 0.15) is 5.69 Å². The van der Waals surface area contributed by atoms with Gasteiger partial charge in [-0.25, -0.2) is 0 Å². The average molecular weight is 235 g/mol. The van der Waals surface area contributed by atoms with Crippen LogP contribution < -0.4 is 0 Å². The lowest BCUT2D eigenvalue weighted by molar-refractivity contribution is 0.484. The van der Waals surface area contributed by atoms with Crippen LogP contribution in [-0.2, 0) is 15.7 Å². The first kappa shape index (κ1) is 11.4. The van der Waals surface area contributed by atoms with E-state index in [0.29, 0.717) is 13.0 Å². The highest BCUT2D eigenvalue weighted by atomic mass is 35.7. The molecule has 0 fully saturated rings. The average Bonchev–Trinajstić information content (AvgIpc) is 2.14. The van der Waals surface area contributed by atoms with E-state index in [4.69, 9.17) is 10.7 Å². The molecule has 6 heteroatoms. The van der Waals surface area contributed by atoms with Crippen LogP contribution in [0.4, 0.5) is 0 Å². The van der Waals surface area contributed by atoms with Crippen LogP contribution in [0.15, 0.2) is 24.4 Å². The molecule has 1 rings (SSSR count). The van der Waals surface area contributed by atoms with Gasteiger partial charge in [-0.15, -0.1) is 0 Å². The molecule has 14 heavy (non-hydrogen) atoms. The van der Waals surface area contributed by atoms with Crippen molar-refractivity contribution in [1.82, 2.24) is 9.29 Å². The number of rotatable bonds is 4. The Bertz CT molecular complexity index is 380. The minimum absolute atomic E-state index is 0.336. The van der Waals surface area contributed by atoms with E-state index in [0.717, 1.165) is 10.00 Å². The number of likely N-dealkylation sites (N-methyl/N-ethyl adjacent to an activating group) is 1. The molecule has 0 aliphatic rings. The molecule has 0 amide bonds. The Morgan fingerprint density at radius 3 is 2.71 bits per heavy atom. The lowest BCUT2D eigenvalue weighted by atomic mass is 10.3. The fraction of sp³-hybridized carbons (Fsp3) is 0.375. The lowest BCUT2D eigenvalue weighted by Gasteiger charge is -2.10. The van der Waals surface area contributed by atoms with Gasteiger partial charge in [0.2, 0.25) is 0 Å². The van der Waals surface area contributed by atoms with Crippen molar-refractivity contribution in [2.24, 2.45) is 0 Å². The first-order valence-corrected chi connectivity index (χ1v) is 6.32. The van der Waals surface area contributed by atoms with Crippen molar-refractivity contribution in [2.75, 3.05) is 13.6 Å². The Labute approximate surface area is 88.1 Å². The summed E-state index contributed by atoms with van der Waals surface area (Å²) in [5, 5.41) is 0. The van der Waals surface area contributed by atoms with Gasteiger partial charge >= 0.3 is 0 Å². The van der Waals surface area contributed by atoms with Crippen molar-refractivity contribution in [2.45, 2.75) is 6.42 Å². The highest BCUT2D eigenvalue weighted by Crippen LogP contribution is 2.04. The number of aromatic nitrogens is 1. The highest BCUT2D eigenvalue weighted by Gasteiger charge is 2.12. The summed E-state index contributed by atoms with van der Waals surface area (Å²) in [5.74, 6) is 0. The maximum Gasteiger partial charge on any atom is 0.299 e. The van der Waals surface area contributed by atoms with Crippen LogP contribution in [0.5, 0.6) is 0 Å². The van der Waals surface area contributed by atoms with Gasteiger partial charge in [-0.2, -0.15) is 12.7 Å². The van der Waals surface area contributed by atoms with Crippen LogP contribution in [0, 0.1) is 0 Å². The van der Waals surface area contributed by atoms with E-state index in [1.807, 2.05) is 18.2 Å². The second kappa shape index (κ2) is 4.72. The van der Waals surface area contributed by atoms with Gasteiger partial charge in [0.05, 0.1) is 0 Å². The molecule has 1 heterocycles. The van der Waals surface area contributed by atoms with Crippen molar-refractivity contribution in [3.05, 3.63) is 30.1 Å². The number of pyridine rings is 1. The number of hydrogen-bond donors (Lipinski definition) is 0. The lowest BCUT2D eigenvalue weighted by Crippen LogP contribution is -2.24. The molecular formula is C8H11ClN2O2S. The summed E-state index contributed by atoms with van der Waals surface area (Å²) in [6.07, 6.45) is 2.23. The third kappa shape index (κ3) is 3.61. The summed E-state index contributed by atoms with van der Waals surface area (Å²) in [7, 11) is 2.97. The summed E-state index contributed by atoms with van der Waals surface area (Å²) in [4.78, 5) is 4.07. The van der Waals surface area contributed by atoms with E-state index in [9.17, 15) is 8.42 Å². The van der Waals surface area contributed by atoms with Gasteiger partial charge in [0.15, 0.2) is 0 Å². The maximum absolute atomic E-state index is 10.8. The monoisotopic (exact) mass is 234 g/mol. The molecule has 0 unspecified atom stereocenters. The van der Waals surface area contributed by atoms with Crippen LogP contribution in [0.3, 0.4) is 0 Å². The second-order valence-corrected chi connectivity index (χ2v) is 5.45. The molecule has 78 valence electrons. The third-order valence-electron chi connectivity index (χ3n) is 1.78. The summed E-state index contributed by atoms with van der Waals surface area (Å²) in [5.41, 5.74) is 0.847. The normalized spacial score (nSPS) is 11.9. The fourth-order valence-electron chi connectivity index (χ4n) is 0.927. The van der Waals surface area contributed by atoms with Gasteiger partial charge in [0.1, 0.15) is 0 Å². The second-order valence-electron chi connectivity index (χ2n) is 2.83. The predicted octanol–water partition coefficient (Wildman–Crippen LogP) is 1.04. The molecule has 0 aliphatic heterocycles. The highest BCUT2D eigenvalue weighted by molar-refractivity contribution is 8.11. The van der Waals surface area contributed by atoms with E-state index in [1.54, 1.807) is 6.20 Å². The third-order valence-corrected chi connectivity index (χ3v) is 3.42. The molecule has 0 aliphatic carbocycles. The van der Waals surface area contributed by atoms with Gasteiger partial charge in [-0.05, 0) is 12.1 Å². The van der Waals surface area contributed by atoms with Crippen LogP contribution in [0.25, 0.3) is 0 Å². The SMILES string of the molecule is CN(CCc1ccccn1)S(=O)(=O)Cl. The molecule has 1 aromatic heterocycles. The van der Waals surface area contributed by atoms with Crippen LogP contribution in [0.2, 0.25) is 0 Å². The van der Waals surface area contributed by atoms with Crippen molar-refractivity contribution in [3.63, 3.8) is 0 Å².